The molecule has 0 saturated carbocycles. The minimum atomic E-state index is -2.79. The smallest absolute Gasteiger partial charge is 0.309 e. The first kappa shape index (κ1) is 12.3. The molecule has 82 valence electrons. The molecule has 0 aliphatic rings. The van der Waals surface area contributed by atoms with Crippen LogP contribution in [0.3, 0.4) is 0 Å². The predicted octanol–water partition coefficient (Wildman–Crippen LogP) is 3.06. The van der Waals surface area contributed by atoms with Gasteiger partial charge in [0, 0.05) is 4.47 Å². The molecular weight excluding hydrogens is 295 g/mol. The fourth-order valence-corrected chi connectivity index (χ4v) is 2.01. The van der Waals surface area contributed by atoms with Gasteiger partial charge in [-0.05, 0) is 6.07 Å². The Morgan fingerprint density at radius 3 is 2.73 bits per heavy atom. The molecule has 0 radical (unpaired) electrons. The summed E-state index contributed by atoms with van der Waals surface area (Å²) in [5.74, 6) is -1.24. The second-order valence-electron chi connectivity index (χ2n) is 2.66. The largest absolute Gasteiger partial charge is 0.481 e. The van der Waals surface area contributed by atoms with Gasteiger partial charge in [0.25, 0.3) is 6.43 Å². The number of carbonyl (C=O) groups is 1. The first-order valence-electron chi connectivity index (χ1n) is 3.76. The Labute approximate surface area is 97.2 Å². The molecule has 7 heteroatoms. The molecule has 1 N–H and O–H groups in total. The number of alkyl halides is 2. The first-order valence-corrected chi connectivity index (χ1v) is 4.93. The molecule has 0 unspecified atom stereocenters. The van der Waals surface area contributed by atoms with E-state index in [1.807, 2.05) is 0 Å². The first-order chi connectivity index (χ1) is 6.91. The Bertz CT molecular complexity index is 400. The maximum absolute atomic E-state index is 12.6. The van der Waals surface area contributed by atoms with E-state index >= 15 is 0 Å². The van der Waals surface area contributed by atoms with E-state index in [9.17, 15) is 13.6 Å². The number of aromatic nitrogens is 1. The molecule has 0 fully saturated rings. The summed E-state index contributed by atoms with van der Waals surface area (Å²) in [6.45, 7) is 0. The molecule has 1 rings (SSSR count). The Hall–Kier alpha value is -0.750. The van der Waals surface area contributed by atoms with Gasteiger partial charge in [-0.1, -0.05) is 27.5 Å². The molecular formula is C8H5BrClF2NO2. The third-order valence-electron chi connectivity index (χ3n) is 1.59. The summed E-state index contributed by atoms with van der Waals surface area (Å²) >= 11 is 8.42. The summed E-state index contributed by atoms with van der Waals surface area (Å²) < 4.78 is 25.2. The number of pyridine rings is 1. The molecule has 0 aromatic carbocycles. The van der Waals surface area contributed by atoms with Crippen molar-refractivity contribution in [2.75, 3.05) is 0 Å². The maximum Gasteiger partial charge on any atom is 0.309 e. The van der Waals surface area contributed by atoms with Crippen molar-refractivity contribution in [2.24, 2.45) is 0 Å². The van der Waals surface area contributed by atoms with Gasteiger partial charge in [0.05, 0.1) is 17.7 Å². The second kappa shape index (κ2) is 4.85. The lowest BCUT2D eigenvalue weighted by Gasteiger charge is -2.08. The van der Waals surface area contributed by atoms with Gasteiger partial charge in [0.1, 0.15) is 5.15 Å². The summed E-state index contributed by atoms with van der Waals surface area (Å²) in [6, 6.07) is 1.20. The minimum absolute atomic E-state index is 0.0254. The van der Waals surface area contributed by atoms with E-state index in [1.165, 1.54) is 6.07 Å². The van der Waals surface area contributed by atoms with Crippen LogP contribution in [-0.4, -0.2) is 16.1 Å². The van der Waals surface area contributed by atoms with Gasteiger partial charge in [-0.2, -0.15) is 0 Å². The van der Waals surface area contributed by atoms with E-state index in [1.54, 1.807) is 0 Å². The topological polar surface area (TPSA) is 50.2 Å². The van der Waals surface area contributed by atoms with Crippen LogP contribution in [0.4, 0.5) is 8.78 Å². The van der Waals surface area contributed by atoms with Crippen molar-refractivity contribution in [3.63, 3.8) is 0 Å². The van der Waals surface area contributed by atoms with E-state index in [0.29, 0.717) is 0 Å². The summed E-state index contributed by atoms with van der Waals surface area (Å²) in [5.41, 5.74) is -0.654. The Morgan fingerprint density at radius 1 is 1.67 bits per heavy atom. The molecule has 0 saturated heterocycles. The number of carboxylic acid groups (broad SMARTS) is 1. The predicted molar refractivity (Wildman–Crippen MR) is 53.2 cm³/mol. The van der Waals surface area contributed by atoms with E-state index < -0.39 is 24.4 Å². The van der Waals surface area contributed by atoms with Crippen molar-refractivity contribution in [3.05, 3.63) is 26.9 Å². The van der Waals surface area contributed by atoms with E-state index in [0.717, 1.165) is 0 Å². The Balaban J connectivity index is 3.26. The summed E-state index contributed by atoms with van der Waals surface area (Å²) in [5, 5.41) is 8.49. The highest BCUT2D eigenvalue weighted by atomic mass is 79.9. The molecule has 0 bridgehead atoms. The van der Waals surface area contributed by atoms with Crippen molar-refractivity contribution >= 4 is 33.5 Å². The van der Waals surface area contributed by atoms with E-state index in [-0.39, 0.29) is 15.3 Å². The van der Waals surface area contributed by atoms with Gasteiger partial charge in [0.15, 0.2) is 0 Å². The SMILES string of the molecule is O=C(O)Cc1nc(Cl)cc(Br)c1C(F)F. The van der Waals surface area contributed by atoms with Gasteiger partial charge in [0.2, 0.25) is 0 Å². The zero-order valence-corrected chi connectivity index (χ0v) is 9.52. The number of hydrogen-bond donors (Lipinski definition) is 1. The van der Waals surface area contributed by atoms with Gasteiger partial charge in [-0.25, -0.2) is 13.8 Å². The molecule has 1 aromatic rings. The molecule has 0 spiro atoms. The van der Waals surface area contributed by atoms with Crippen molar-refractivity contribution in [3.8, 4) is 0 Å². The number of rotatable bonds is 3. The maximum atomic E-state index is 12.6. The lowest BCUT2D eigenvalue weighted by molar-refractivity contribution is -0.136. The van der Waals surface area contributed by atoms with Crippen molar-refractivity contribution in [1.82, 2.24) is 4.98 Å². The van der Waals surface area contributed by atoms with Gasteiger partial charge >= 0.3 is 5.97 Å². The van der Waals surface area contributed by atoms with Crippen LogP contribution in [0.2, 0.25) is 5.15 Å². The zero-order valence-electron chi connectivity index (χ0n) is 7.18. The third kappa shape index (κ3) is 3.10. The highest BCUT2D eigenvalue weighted by Gasteiger charge is 2.20. The highest BCUT2D eigenvalue weighted by molar-refractivity contribution is 9.10. The lowest BCUT2D eigenvalue weighted by atomic mass is 10.1. The summed E-state index contributed by atoms with van der Waals surface area (Å²) in [4.78, 5) is 14.0. The fourth-order valence-electron chi connectivity index (χ4n) is 1.05. The summed E-state index contributed by atoms with van der Waals surface area (Å²) in [7, 11) is 0. The highest BCUT2D eigenvalue weighted by Crippen LogP contribution is 2.31. The molecule has 15 heavy (non-hydrogen) atoms. The van der Waals surface area contributed by atoms with Gasteiger partial charge < -0.3 is 5.11 Å². The second-order valence-corrected chi connectivity index (χ2v) is 3.90. The molecule has 1 heterocycles. The van der Waals surface area contributed by atoms with Crippen LogP contribution in [0.15, 0.2) is 10.5 Å². The third-order valence-corrected chi connectivity index (χ3v) is 2.44. The molecule has 3 nitrogen and oxygen atoms in total. The molecule has 0 amide bonds. The van der Waals surface area contributed by atoms with Crippen LogP contribution < -0.4 is 0 Å². The number of carboxylic acids is 1. The average molecular weight is 300 g/mol. The minimum Gasteiger partial charge on any atom is -0.481 e. The fraction of sp³-hybridized carbons (Fsp3) is 0.250. The Morgan fingerprint density at radius 2 is 2.27 bits per heavy atom. The van der Waals surface area contributed by atoms with Gasteiger partial charge in [-0.15, -0.1) is 0 Å². The molecule has 0 aliphatic carbocycles. The van der Waals surface area contributed by atoms with Crippen molar-refractivity contribution in [2.45, 2.75) is 12.8 Å². The standard InChI is InChI=1S/C8H5BrClF2NO2/c9-3-1-5(10)13-4(2-6(14)15)7(3)8(11)12/h1,8H,2H2,(H,14,15). The normalized spacial score (nSPS) is 10.7. The number of hydrogen-bond acceptors (Lipinski definition) is 2. The van der Waals surface area contributed by atoms with Crippen LogP contribution in [-0.2, 0) is 11.2 Å². The van der Waals surface area contributed by atoms with E-state index in [4.69, 9.17) is 16.7 Å². The average Bonchev–Trinajstić information content (AvgIpc) is 1.99. The number of halogens is 4. The quantitative estimate of drug-likeness (QED) is 0.873. The van der Waals surface area contributed by atoms with Crippen LogP contribution in [0, 0.1) is 0 Å². The molecule has 1 aromatic heterocycles. The van der Waals surface area contributed by atoms with Crippen molar-refractivity contribution in [1.29, 1.82) is 0 Å². The van der Waals surface area contributed by atoms with Crippen molar-refractivity contribution < 1.29 is 18.7 Å². The van der Waals surface area contributed by atoms with Crippen LogP contribution in [0.5, 0.6) is 0 Å². The lowest BCUT2D eigenvalue weighted by Crippen LogP contribution is -2.07. The molecule has 0 aliphatic heterocycles. The Kier molecular flexibility index (Phi) is 3.98. The van der Waals surface area contributed by atoms with Gasteiger partial charge in [-0.3, -0.25) is 4.79 Å². The summed E-state index contributed by atoms with van der Waals surface area (Å²) in [6.07, 6.45) is -3.38. The monoisotopic (exact) mass is 299 g/mol. The molecule has 0 atom stereocenters. The van der Waals surface area contributed by atoms with Crippen LogP contribution in [0.1, 0.15) is 17.7 Å². The van der Waals surface area contributed by atoms with Crippen LogP contribution in [0.25, 0.3) is 0 Å². The van der Waals surface area contributed by atoms with E-state index in [2.05, 4.69) is 20.9 Å². The number of aliphatic carboxylic acids is 1. The zero-order chi connectivity index (χ0) is 11.6. The number of nitrogens with zero attached hydrogens (tertiary/aromatic N) is 1. The van der Waals surface area contributed by atoms with Crippen LogP contribution >= 0.6 is 27.5 Å².